The lowest BCUT2D eigenvalue weighted by molar-refractivity contribution is -0.281. The zero-order valence-electron chi connectivity index (χ0n) is 8.44. The number of aryl methyl sites for hydroxylation is 1. The predicted molar refractivity (Wildman–Crippen MR) is 52.3 cm³/mol. The van der Waals surface area contributed by atoms with Crippen LogP contribution in [0.25, 0.3) is 10.5 Å². The van der Waals surface area contributed by atoms with E-state index < -0.39 is 0 Å². The van der Waals surface area contributed by atoms with Crippen LogP contribution in [-0.2, 0) is 16.4 Å². The monoisotopic (exact) mass is 206 g/mol. The number of fused-ring (bicyclic) bond motifs is 1. The molecule has 2 aromatic rings. The molecule has 0 unspecified atom stereocenters. The van der Waals surface area contributed by atoms with E-state index in [4.69, 9.17) is 11.5 Å². The van der Waals surface area contributed by atoms with E-state index in [1.807, 2.05) is 11.3 Å². The van der Waals surface area contributed by atoms with Crippen molar-refractivity contribution < 1.29 is 9.78 Å². The van der Waals surface area contributed by atoms with Gasteiger partial charge in [0, 0.05) is 11.8 Å². The summed E-state index contributed by atoms with van der Waals surface area (Å²) in [5, 5.41) is 6.89. The summed E-state index contributed by atoms with van der Waals surface area (Å²) in [5.74, 6) is 0.804. The Hall–Kier alpha value is -1.84. The van der Waals surface area contributed by atoms with Crippen molar-refractivity contribution >= 4 is 11.3 Å². The second-order valence-corrected chi connectivity index (χ2v) is 3.02. The van der Waals surface area contributed by atoms with Crippen molar-refractivity contribution in [3.63, 3.8) is 0 Å². The summed E-state index contributed by atoms with van der Waals surface area (Å²) in [5.41, 5.74) is 2.08. The zero-order chi connectivity index (χ0) is 10.8. The SMILES string of the molecule is [C-]#[N+]c1cn2c(C)n[nH]c2c1COOC. The molecule has 0 aromatic carbocycles. The number of hydrogen-bond acceptors (Lipinski definition) is 3. The molecule has 0 saturated carbocycles. The molecule has 6 nitrogen and oxygen atoms in total. The first-order valence-electron chi connectivity index (χ1n) is 4.36. The van der Waals surface area contributed by atoms with Crippen LogP contribution in [0, 0.1) is 13.5 Å². The summed E-state index contributed by atoms with van der Waals surface area (Å²) in [6.45, 7) is 9.13. The van der Waals surface area contributed by atoms with Crippen LogP contribution in [0.5, 0.6) is 0 Å². The van der Waals surface area contributed by atoms with E-state index in [0.29, 0.717) is 5.69 Å². The topological polar surface area (TPSA) is 55.9 Å². The molecule has 0 saturated heterocycles. The third-order valence-electron chi connectivity index (χ3n) is 2.20. The Bertz CT molecular complexity index is 520. The minimum Gasteiger partial charge on any atom is -0.300 e. The molecular formula is C9H10N4O2. The highest BCUT2D eigenvalue weighted by Crippen LogP contribution is 2.26. The number of nitrogens with zero attached hydrogens (tertiary/aromatic N) is 3. The van der Waals surface area contributed by atoms with Gasteiger partial charge >= 0.3 is 0 Å². The quantitative estimate of drug-likeness (QED) is 0.471. The molecule has 0 aliphatic carbocycles. The van der Waals surface area contributed by atoms with E-state index in [1.165, 1.54) is 7.11 Å². The third-order valence-corrected chi connectivity index (χ3v) is 2.20. The Kier molecular flexibility index (Phi) is 2.41. The molecule has 0 aliphatic heterocycles. The Morgan fingerprint density at radius 3 is 3.13 bits per heavy atom. The molecular weight excluding hydrogens is 196 g/mol. The standard InChI is InChI=1S/C9H10N4O2/c1-6-11-12-9-7(5-15-14-3)8(10-2)4-13(6)9/h4,12H,5H2,1,3H3. The summed E-state index contributed by atoms with van der Waals surface area (Å²) in [7, 11) is 1.43. The Labute approximate surface area is 86.2 Å². The molecule has 0 aliphatic rings. The molecule has 78 valence electrons. The van der Waals surface area contributed by atoms with Crippen molar-refractivity contribution in [2.45, 2.75) is 13.5 Å². The number of aromatic amines is 1. The molecule has 0 spiro atoms. The van der Waals surface area contributed by atoms with Crippen LogP contribution in [0.1, 0.15) is 11.4 Å². The maximum absolute atomic E-state index is 7.04. The first kappa shape index (κ1) is 9.71. The van der Waals surface area contributed by atoms with E-state index >= 15 is 0 Å². The van der Waals surface area contributed by atoms with Crippen LogP contribution in [0.4, 0.5) is 5.69 Å². The van der Waals surface area contributed by atoms with E-state index in [2.05, 4.69) is 19.9 Å². The van der Waals surface area contributed by atoms with Gasteiger partial charge in [0.15, 0.2) is 0 Å². The van der Waals surface area contributed by atoms with Gasteiger partial charge in [0.25, 0.3) is 0 Å². The van der Waals surface area contributed by atoms with Crippen molar-refractivity contribution in [3.8, 4) is 0 Å². The van der Waals surface area contributed by atoms with Crippen LogP contribution in [0.2, 0.25) is 0 Å². The van der Waals surface area contributed by atoms with Gasteiger partial charge in [-0.1, -0.05) is 0 Å². The molecule has 1 N–H and O–H groups in total. The summed E-state index contributed by atoms with van der Waals surface area (Å²) < 4.78 is 1.82. The van der Waals surface area contributed by atoms with Gasteiger partial charge < -0.3 is 4.40 Å². The lowest BCUT2D eigenvalue weighted by atomic mass is 10.3. The lowest BCUT2D eigenvalue weighted by Crippen LogP contribution is -1.91. The van der Waals surface area contributed by atoms with Crippen molar-refractivity contribution in [2.24, 2.45) is 0 Å². The van der Waals surface area contributed by atoms with Gasteiger partial charge in [0.05, 0.1) is 13.7 Å². The van der Waals surface area contributed by atoms with Gasteiger partial charge in [0.1, 0.15) is 18.1 Å². The maximum Gasteiger partial charge on any atom is 0.212 e. The fourth-order valence-corrected chi connectivity index (χ4v) is 1.45. The first-order chi connectivity index (χ1) is 7.27. The van der Waals surface area contributed by atoms with E-state index in [1.54, 1.807) is 6.20 Å². The normalized spacial score (nSPS) is 10.7. The summed E-state index contributed by atoms with van der Waals surface area (Å²) >= 11 is 0. The summed E-state index contributed by atoms with van der Waals surface area (Å²) in [4.78, 5) is 12.8. The molecule has 15 heavy (non-hydrogen) atoms. The van der Waals surface area contributed by atoms with Gasteiger partial charge in [-0.25, -0.2) is 14.6 Å². The molecule has 0 atom stereocenters. The Morgan fingerprint density at radius 2 is 2.47 bits per heavy atom. The first-order valence-corrected chi connectivity index (χ1v) is 4.36. The van der Waals surface area contributed by atoms with Crippen LogP contribution in [0.15, 0.2) is 6.20 Å². The molecule has 0 bridgehead atoms. The molecule has 0 amide bonds. The zero-order valence-corrected chi connectivity index (χ0v) is 8.44. The molecule has 2 aromatic heterocycles. The Balaban J connectivity index is 2.53. The molecule has 6 heteroatoms. The summed E-state index contributed by atoms with van der Waals surface area (Å²) in [6.07, 6.45) is 1.73. The second-order valence-electron chi connectivity index (χ2n) is 3.02. The van der Waals surface area contributed by atoms with Gasteiger partial charge in [0.2, 0.25) is 5.69 Å². The number of rotatable bonds is 3. The number of hydrogen-bond donors (Lipinski definition) is 1. The van der Waals surface area contributed by atoms with Crippen molar-refractivity contribution in [1.82, 2.24) is 14.6 Å². The van der Waals surface area contributed by atoms with E-state index in [-0.39, 0.29) is 6.61 Å². The average molecular weight is 206 g/mol. The highest BCUT2D eigenvalue weighted by molar-refractivity contribution is 5.66. The van der Waals surface area contributed by atoms with Crippen molar-refractivity contribution in [1.29, 1.82) is 0 Å². The second kappa shape index (κ2) is 3.73. The highest BCUT2D eigenvalue weighted by Gasteiger charge is 2.14. The highest BCUT2D eigenvalue weighted by atomic mass is 17.2. The van der Waals surface area contributed by atoms with Crippen molar-refractivity contribution in [3.05, 3.63) is 29.0 Å². The van der Waals surface area contributed by atoms with Gasteiger partial charge in [-0.15, -0.1) is 0 Å². The minimum atomic E-state index is 0.229. The van der Waals surface area contributed by atoms with Crippen LogP contribution in [0.3, 0.4) is 0 Å². The third kappa shape index (κ3) is 1.48. The van der Waals surface area contributed by atoms with Crippen LogP contribution < -0.4 is 0 Å². The summed E-state index contributed by atoms with van der Waals surface area (Å²) in [6, 6.07) is 0. The van der Waals surface area contributed by atoms with E-state index in [0.717, 1.165) is 17.0 Å². The Morgan fingerprint density at radius 1 is 1.67 bits per heavy atom. The van der Waals surface area contributed by atoms with E-state index in [9.17, 15) is 0 Å². The lowest BCUT2D eigenvalue weighted by Gasteiger charge is -1.97. The minimum absolute atomic E-state index is 0.229. The maximum atomic E-state index is 7.04. The fourth-order valence-electron chi connectivity index (χ4n) is 1.45. The largest absolute Gasteiger partial charge is 0.300 e. The molecule has 2 heterocycles. The fraction of sp³-hybridized carbons (Fsp3) is 0.333. The van der Waals surface area contributed by atoms with Crippen LogP contribution >= 0.6 is 0 Å². The average Bonchev–Trinajstić information content (AvgIpc) is 2.76. The number of aromatic nitrogens is 3. The van der Waals surface area contributed by atoms with Gasteiger partial charge in [-0.2, -0.15) is 5.10 Å². The molecule has 0 fully saturated rings. The number of nitrogens with one attached hydrogen (secondary N) is 1. The van der Waals surface area contributed by atoms with Crippen LogP contribution in [-0.4, -0.2) is 21.7 Å². The van der Waals surface area contributed by atoms with Crippen molar-refractivity contribution in [2.75, 3.05) is 7.11 Å². The van der Waals surface area contributed by atoms with Gasteiger partial charge in [-0.3, -0.25) is 5.10 Å². The molecule has 2 rings (SSSR count). The molecule has 0 radical (unpaired) electrons. The smallest absolute Gasteiger partial charge is 0.212 e. The predicted octanol–water partition coefficient (Wildman–Crippen LogP) is 1.60. The number of H-pyrrole nitrogens is 1. The van der Waals surface area contributed by atoms with Gasteiger partial charge in [-0.05, 0) is 6.92 Å².